The van der Waals surface area contributed by atoms with Crippen LogP contribution in [0.3, 0.4) is 0 Å². The Balaban J connectivity index is 1.62. The zero-order valence-corrected chi connectivity index (χ0v) is 21.8. The van der Waals surface area contributed by atoms with E-state index in [0.29, 0.717) is 42.7 Å². The van der Waals surface area contributed by atoms with E-state index in [1.54, 1.807) is 6.92 Å². The SMILES string of the molecule is Cc1nc(N[C@H](C)c2cccc(C(F)(F)F)c2F)c2c(n1)C1(CCN(CCO)C1)C(=O)N(c1cccnc1F)C2. The zero-order chi connectivity index (χ0) is 28.8. The number of nitrogens with one attached hydrogen (secondary N) is 1. The Labute approximate surface area is 226 Å². The van der Waals surface area contributed by atoms with E-state index in [9.17, 15) is 31.9 Å². The van der Waals surface area contributed by atoms with Gasteiger partial charge in [-0.15, -0.1) is 0 Å². The number of β-amino-alcohol motifs (C(OH)–C–C–N with tert-alkyl or cyclic N) is 1. The molecule has 5 rings (SSSR count). The van der Waals surface area contributed by atoms with Crippen molar-refractivity contribution in [1.82, 2.24) is 19.9 Å². The summed E-state index contributed by atoms with van der Waals surface area (Å²) in [4.78, 5) is 30.0. The maximum absolute atomic E-state index is 15.0. The number of halogens is 5. The van der Waals surface area contributed by atoms with E-state index in [2.05, 4.69) is 20.3 Å². The first-order valence-corrected chi connectivity index (χ1v) is 12.7. The number of rotatable bonds is 6. The number of aliphatic hydroxyl groups excluding tert-OH is 1. The number of aliphatic hydroxyl groups is 1. The molecule has 40 heavy (non-hydrogen) atoms. The van der Waals surface area contributed by atoms with Crippen LogP contribution in [0.5, 0.6) is 0 Å². The number of aromatic nitrogens is 3. The van der Waals surface area contributed by atoms with Gasteiger partial charge in [0.25, 0.3) is 0 Å². The Morgan fingerprint density at radius 2 is 1.95 bits per heavy atom. The lowest BCUT2D eigenvalue weighted by Crippen LogP contribution is -2.54. The van der Waals surface area contributed by atoms with Crippen molar-refractivity contribution in [2.45, 2.75) is 44.4 Å². The van der Waals surface area contributed by atoms with Crippen molar-refractivity contribution in [3.8, 4) is 0 Å². The molecule has 212 valence electrons. The van der Waals surface area contributed by atoms with Crippen LogP contribution in [0.2, 0.25) is 0 Å². The molecule has 0 radical (unpaired) electrons. The van der Waals surface area contributed by atoms with Gasteiger partial charge in [0.15, 0.2) is 0 Å². The number of carbonyl (C=O) groups is 1. The third kappa shape index (κ3) is 4.77. The second-order valence-corrected chi connectivity index (χ2v) is 10.1. The maximum atomic E-state index is 15.0. The fourth-order valence-corrected chi connectivity index (χ4v) is 5.60. The molecule has 2 aromatic heterocycles. The molecule has 1 spiro atoms. The summed E-state index contributed by atoms with van der Waals surface area (Å²) in [5.41, 5.74) is -1.96. The van der Waals surface area contributed by atoms with Gasteiger partial charge in [-0.1, -0.05) is 12.1 Å². The first-order valence-electron chi connectivity index (χ1n) is 12.7. The second kappa shape index (κ2) is 10.4. The summed E-state index contributed by atoms with van der Waals surface area (Å²) in [6.45, 7) is 3.88. The van der Waals surface area contributed by atoms with E-state index in [0.717, 1.165) is 6.07 Å². The Hall–Kier alpha value is -3.71. The van der Waals surface area contributed by atoms with Gasteiger partial charge >= 0.3 is 6.18 Å². The van der Waals surface area contributed by atoms with E-state index in [4.69, 9.17) is 0 Å². The molecule has 1 aromatic carbocycles. The van der Waals surface area contributed by atoms with Gasteiger partial charge in [0.05, 0.1) is 36.1 Å². The summed E-state index contributed by atoms with van der Waals surface area (Å²) in [7, 11) is 0. The van der Waals surface area contributed by atoms with Gasteiger partial charge in [0.1, 0.15) is 22.9 Å². The van der Waals surface area contributed by atoms with Gasteiger partial charge in [-0.3, -0.25) is 9.69 Å². The third-order valence-electron chi connectivity index (χ3n) is 7.49. The minimum atomic E-state index is -4.87. The lowest BCUT2D eigenvalue weighted by Gasteiger charge is -2.40. The predicted octanol–water partition coefficient (Wildman–Crippen LogP) is 4.13. The summed E-state index contributed by atoms with van der Waals surface area (Å²) in [5, 5.41) is 12.5. The summed E-state index contributed by atoms with van der Waals surface area (Å²) in [5.74, 6) is -2.12. The minimum absolute atomic E-state index is 0.0402. The predicted molar refractivity (Wildman–Crippen MR) is 135 cm³/mol. The van der Waals surface area contributed by atoms with Crippen molar-refractivity contribution in [3.05, 3.63) is 76.5 Å². The molecule has 0 saturated carbocycles. The van der Waals surface area contributed by atoms with Crippen molar-refractivity contribution >= 4 is 17.4 Å². The molecular weight excluding hydrogens is 535 g/mol. The average Bonchev–Trinajstić information content (AvgIpc) is 3.31. The first kappa shape index (κ1) is 27.8. The number of nitrogens with zero attached hydrogens (tertiary/aromatic N) is 5. The molecule has 1 amide bonds. The number of benzene rings is 1. The Bertz CT molecular complexity index is 1450. The van der Waals surface area contributed by atoms with E-state index in [1.807, 2.05) is 4.90 Å². The quantitative estimate of drug-likeness (QED) is 0.345. The van der Waals surface area contributed by atoms with E-state index >= 15 is 0 Å². The number of likely N-dealkylation sites (tertiary alicyclic amines) is 1. The highest BCUT2D eigenvalue weighted by Gasteiger charge is 2.54. The number of aryl methyl sites for hydroxylation is 1. The van der Waals surface area contributed by atoms with Gasteiger partial charge in [0.2, 0.25) is 11.9 Å². The normalized spacial score (nSPS) is 20.2. The third-order valence-corrected chi connectivity index (χ3v) is 7.49. The molecule has 2 N–H and O–H groups in total. The fraction of sp³-hybridized carbons (Fsp3) is 0.407. The number of amides is 1. The molecular formula is C27H27F5N6O2. The molecule has 0 bridgehead atoms. The van der Waals surface area contributed by atoms with Gasteiger partial charge in [-0.2, -0.15) is 17.6 Å². The number of hydrogen-bond donors (Lipinski definition) is 2. The highest BCUT2D eigenvalue weighted by atomic mass is 19.4. The summed E-state index contributed by atoms with van der Waals surface area (Å²) >= 11 is 0. The number of anilines is 2. The molecule has 1 saturated heterocycles. The molecule has 4 heterocycles. The smallest absolute Gasteiger partial charge is 0.395 e. The van der Waals surface area contributed by atoms with Gasteiger partial charge in [0, 0.05) is 30.4 Å². The van der Waals surface area contributed by atoms with Crippen LogP contribution in [0, 0.1) is 18.7 Å². The van der Waals surface area contributed by atoms with Crippen LogP contribution in [0.25, 0.3) is 0 Å². The zero-order valence-electron chi connectivity index (χ0n) is 21.8. The Morgan fingerprint density at radius 1 is 1.18 bits per heavy atom. The van der Waals surface area contributed by atoms with E-state index < -0.39 is 35.0 Å². The number of alkyl halides is 3. The number of pyridine rings is 1. The first-order chi connectivity index (χ1) is 19.0. The van der Waals surface area contributed by atoms with E-state index in [-0.39, 0.29) is 42.7 Å². The topological polar surface area (TPSA) is 94.5 Å². The molecule has 3 aromatic rings. The molecule has 13 heteroatoms. The van der Waals surface area contributed by atoms with Crippen molar-refractivity contribution in [2.24, 2.45) is 0 Å². The van der Waals surface area contributed by atoms with Crippen LogP contribution in [0.4, 0.5) is 33.5 Å². The second-order valence-electron chi connectivity index (χ2n) is 10.1. The van der Waals surface area contributed by atoms with Gasteiger partial charge in [-0.25, -0.2) is 19.3 Å². The molecule has 2 aliphatic rings. The maximum Gasteiger partial charge on any atom is 0.419 e. The number of hydrogen-bond acceptors (Lipinski definition) is 7. The van der Waals surface area contributed by atoms with E-state index in [1.165, 1.54) is 36.2 Å². The van der Waals surface area contributed by atoms with Gasteiger partial charge in [-0.05, 0) is 45.0 Å². The molecule has 2 aliphatic heterocycles. The van der Waals surface area contributed by atoms with Crippen LogP contribution < -0.4 is 10.2 Å². The molecule has 2 atom stereocenters. The summed E-state index contributed by atoms with van der Waals surface area (Å²) < 4.78 is 69.9. The Morgan fingerprint density at radius 3 is 2.65 bits per heavy atom. The molecule has 1 unspecified atom stereocenters. The lowest BCUT2D eigenvalue weighted by atomic mass is 9.76. The highest BCUT2D eigenvalue weighted by Crippen LogP contribution is 2.45. The van der Waals surface area contributed by atoms with Crippen LogP contribution in [-0.4, -0.2) is 57.1 Å². The number of carbonyl (C=O) groups excluding carboxylic acids is 1. The highest BCUT2D eigenvalue weighted by molar-refractivity contribution is 6.03. The number of fused-ring (bicyclic) bond motifs is 2. The van der Waals surface area contributed by atoms with Crippen molar-refractivity contribution < 1.29 is 31.9 Å². The standard InChI is InChI=1S/C27H27F5N6O2/c1-15(17-5-3-6-19(21(17)28)27(30,31)32)34-24-18-13-38(20-7-4-9-33-23(20)29)25(40)26(22(18)35-16(2)36-24)8-10-37(14-26)11-12-39/h3-7,9,15,39H,8,10-14H2,1-2H3,(H,34,35,36)/t15-,26?/m1/s1. The molecule has 1 fully saturated rings. The monoisotopic (exact) mass is 562 g/mol. The molecule has 8 nitrogen and oxygen atoms in total. The van der Waals surface area contributed by atoms with Crippen LogP contribution in [0.1, 0.15) is 47.6 Å². The van der Waals surface area contributed by atoms with Crippen LogP contribution >= 0.6 is 0 Å². The Kier molecular flexibility index (Phi) is 7.21. The van der Waals surface area contributed by atoms with Crippen molar-refractivity contribution in [1.29, 1.82) is 0 Å². The summed E-state index contributed by atoms with van der Waals surface area (Å²) in [6, 6.07) is 5.05. The van der Waals surface area contributed by atoms with Crippen molar-refractivity contribution in [3.63, 3.8) is 0 Å². The van der Waals surface area contributed by atoms with Crippen molar-refractivity contribution in [2.75, 3.05) is 36.5 Å². The van der Waals surface area contributed by atoms with Gasteiger partial charge < -0.3 is 15.3 Å². The minimum Gasteiger partial charge on any atom is -0.395 e. The van der Waals surface area contributed by atoms with Crippen LogP contribution in [-0.2, 0) is 22.9 Å². The van der Waals surface area contributed by atoms with Crippen LogP contribution in [0.15, 0.2) is 36.5 Å². The summed E-state index contributed by atoms with van der Waals surface area (Å²) in [6.07, 6.45) is -3.26. The largest absolute Gasteiger partial charge is 0.419 e. The lowest BCUT2D eigenvalue weighted by molar-refractivity contribution is -0.140. The average molecular weight is 563 g/mol. The fourth-order valence-electron chi connectivity index (χ4n) is 5.60. The molecule has 0 aliphatic carbocycles.